The van der Waals surface area contributed by atoms with Crippen molar-refractivity contribution < 1.29 is 14.3 Å². The number of nitrogens with zero attached hydrogens (tertiary/aromatic N) is 1. The fourth-order valence-corrected chi connectivity index (χ4v) is 2.19. The van der Waals surface area contributed by atoms with Crippen LogP contribution in [0.25, 0.3) is 5.57 Å². The first-order valence-corrected chi connectivity index (χ1v) is 6.98. The number of hydrogen-bond acceptors (Lipinski definition) is 2. The van der Waals surface area contributed by atoms with Crippen molar-refractivity contribution in [3.8, 4) is 0 Å². The minimum absolute atomic E-state index is 0.0258. The molecule has 0 aliphatic carbocycles. The molecular weight excluding hydrogens is 281 g/mol. The van der Waals surface area contributed by atoms with Crippen molar-refractivity contribution >= 4 is 11.5 Å². The molecule has 2 aromatic carbocycles. The number of carbonyl (C=O) groups is 1. The maximum absolute atomic E-state index is 13.1. The van der Waals surface area contributed by atoms with Crippen LogP contribution in [0.1, 0.15) is 11.1 Å². The van der Waals surface area contributed by atoms with Gasteiger partial charge in [0.2, 0.25) is 0 Å². The van der Waals surface area contributed by atoms with Crippen LogP contribution in [-0.4, -0.2) is 36.1 Å². The first-order valence-electron chi connectivity index (χ1n) is 6.98. The molecule has 0 aliphatic rings. The zero-order valence-electron chi connectivity index (χ0n) is 12.4. The molecule has 0 heterocycles. The normalized spacial score (nSPS) is 11.7. The van der Waals surface area contributed by atoms with E-state index in [1.165, 1.54) is 12.1 Å². The summed E-state index contributed by atoms with van der Waals surface area (Å²) in [7, 11) is 1.75. The Bertz CT molecular complexity index is 651. The molecule has 0 fully saturated rings. The SMILES string of the molecule is CN(C/C=C(\c1ccccc1)c1ccc(F)cc1)CC(=O)O. The molecular formula is C18H18FNO2. The molecule has 2 aromatic rings. The van der Waals surface area contributed by atoms with Crippen molar-refractivity contribution in [2.24, 2.45) is 0 Å². The average Bonchev–Trinajstić information content (AvgIpc) is 2.49. The van der Waals surface area contributed by atoms with Gasteiger partial charge < -0.3 is 5.11 Å². The average molecular weight is 299 g/mol. The maximum Gasteiger partial charge on any atom is 0.317 e. The van der Waals surface area contributed by atoms with Gasteiger partial charge >= 0.3 is 5.97 Å². The van der Waals surface area contributed by atoms with Gasteiger partial charge in [-0.25, -0.2) is 4.39 Å². The predicted molar refractivity (Wildman–Crippen MR) is 85.1 cm³/mol. The van der Waals surface area contributed by atoms with E-state index in [2.05, 4.69) is 0 Å². The molecule has 2 rings (SSSR count). The second-order valence-corrected chi connectivity index (χ2v) is 5.08. The van der Waals surface area contributed by atoms with Crippen LogP contribution in [0, 0.1) is 5.82 Å². The van der Waals surface area contributed by atoms with Crippen LogP contribution in [0.4, 0.5) is 4.39 Å². The van der Waals surface area contributed by atoms with Crippen molar-refractivity contribution in [3.05, 3.63) is 77.6 Å². The number of aliphatic carboxylic acids is 1. The molecule has 0 aliphatic heterocycles. The largest absolute Gasteiger partial charge is 0.480 e. The van der Waals surface area contributed by atoms with Gasteiger partial charge in [-0.2, -0.15) is 0 Å². The number of likely N-dealkylation sites (N-methyl/N-ethyl adjacent to an activating group) is 1. The Hall–Kier alpha value is -2.46. The third kappa shape index (κ3) is 4.53. The molecule has 0 radical (unpaired) electrons. The second-order valence-electron chi connectivity index (χ2n) is 5.08. The molecule has 0 atom stereocenters. The Morgan fingerprint density at radius 1 is 1.09 bits per heavy atom. The quantitative estimate of drug-likeness (QED) is 0.890. The molecule has 0 saturated carbocycles. The number of carboxylic acid groups (broad SMARTS) is 1. The molecule has 0 spiro atoms. The number of halogens is 1. The summed E-state index contributed by atoms with van der Waals surface area (Å²) in [6.45, 7) is 0.468. The molecule has 0 amide bonds. The Labute approximate surface area is 129 Å². The molecule has 114 valence electrons. The number of benzene rings is 2. The Kier molecular flexibility index (Phi) is 5.44. The van der Waals surface area contributed by atoms with Crippen LogP contribution in [-0.2, 0) is 4.79 Å². The van der Waals surface area contributed by atoms with Gasteiger partial charge in [-0.15, -0.1) is 0 Å². The summed E-state index contributed by atoms with van der Waals surface area (Å²) in [6, 6.07) is 16.1. The van der Waals surface area contributed by atoms with Crippen molar-refractivity contribution in [2.75, 3.05) is 20.1 Å². The fourth-order valence-electron chi connectivity index (χ4n) is 2.19. The molecule has 0 aromatic heterocycles. The summed E-state index contributed by atoms with van der Waals surface area (Å²) < 4.78 is 13.1. The van der Waals surface area contributed by atoms with E-state index in [0.29, 0.717) is 6.54 Å². The molecule has 22 heavy (non-hydrogen) atoms. The van der Waals surface area contributed by atoms with Gasteiger partial charge in [-0.1, -0.05) is 48.5 Å². The standard InChI is InChI=1S/C18H18FNO2/c1-20(13-18(21)22)12-11-17(14-5-3-2-4-6-14)15-7-9-16(19)10-8-15/h2-11H,12-13H2,1H3,(H,21,22)/b17-11+. The lowest BCUT2D eigenvalue weighted by Gasteiger charge is -2.14. The number of carboxylic acids is 1. The molecule has 1 N–H and O–H groups in total. The lowest BCUT2D eigenvalue weighted by Crippen LogP contribution is -2.25. The van der Waals surface area contributed by atoms with E-state index in [4.69, 9.17) is 5.11 Å². The van der Waals surface area contributed by atoms with Crippen molar-refractivity contribution in [1.82, 2.24) is 4.90 Å². The highest BCUT2D eigenvalue weighted by Gasteiger charge is 2.07. The third-order valence-corrected chi connectivity index (χ3v) is 3.25. The Morgan fingerprint density at radius 3 is 2.27 bits per heavy atom. The van der Waals surface area contributed by atoms with Crippen LogP contribution in [0.15, 0.2) is 60.7 Å². The zero-order chi connectivity index (χ0) is 15.9. The highest BCUT2D eigenvalue weighted by Crippen LogP contribution is 2.23. The molecule has 0 bridgehead atoms. The van der Waals surface area contributed by atoms with E-state index >= 15 is 0 Å². The lowest BCUT2D eigenvalue weighted by molar-refractivity contribution is -0.137. The minimum Gasteiger partial charge on any atom is -0.480 e. The number of rotatable bonds is 6. The minimum atomic E-state index is -0.862. The molecule has 4 heteroatoms. The third-order valence-electron chi connectivity index (χ3n) is 3.25. The summed E-state index contributed by atoms with van der Waals surface area (Å²) >= 11 is 0. The summed E-state index contributed by atoms with van der Waals surface area (Å²) in [4.78, 5) is 12.4. The van der Waals surface area contributed by atoms with E-state index in [-0.39, 0.29) is 12.4 Å². The van der Waals surface area contributed by atoms with Crippen molar-refractivity contribution in [1.29, 1.82) is 0 Å². The van der Waals surface area contributed by atoms with E-state index in [0.717, 1.165) is 16.7 Å². The van der Waals surface area contributed by atoms with E-state index < -0.39 is 5.97 Å². The Morgan fingerprint density at radius 2 is 1.68 bits per heavy atom. The van der Waals surface area contributed by atoms with Crippen LogP contribution in [0.2, 0.25) is 0 Å². The summed E-state index contributed by atoms with van der Waals surface area (Å²) in [5.74, 6) is -1.14. The number of hydrogen-bond donors (Lipinski definition) is 1. The first-order chi connectivity index (χ1) is 10.6. The van der Waals surface area contributed by atoms with Gasteiger partial charge in [0.25, 0.3) is 0 Å². The molecule has 3 nitrogen and oxygen atoms in total. The van der Waals surface area contributed by atoms with Crippen molar-refractivity contribution in [2.45, 2.75) is 0 Å². The van der Waals surface area contributed by atoms with Gasteiger partial charge in [0.1, 0.15) is 5.82 Å². The lowest BCUT2D eigenvalue weighted by atomic mass is 9.97. The van der Waals surface area contributed by atoms with Gasteiger partial charge in [0, 0.05) is 6.54 Å². The Balaban J connectivity index is 2.29. The van der Waals surface area contributed by atoms with Gasteiger partial charge in [0.15, 0.2) is 0 Å². The van der Waals surface area contributed by atoms with E-state index in [1.54, 1.807) is 24.1 Å². The highest BCUT2D eigenvalue weighted by atomic mass is 19.1. The van der Waals surface area contributed by atoms with Crippen LogP contribution in [0.3, 0.4) is 0 Å². The summed E-state index contributed by atoms with van der Waals surface area (Å²) in [5, 5.41) is 8.81. The van der Waals surface area contributed by atoms with Crippen molar-refractivity contribution in [3.63, 3.8) is 0 Å². The van der Waals surface area contributed by atoms with Crippen LogP contribution >= 0.6 is 0 Å². The van der Waals surface area contributed by atoms with Crippen LogP contribution in [0.5, 0.6) is 0 Å². The highest BCUT2D eigenvalue weighted by molar-refractivity contribution is 5.79. The van der Waals surface area contributed by atoms with Gasteiger partial charge in [-0.3, -0.25) is 9.69 Å². The second kappa shape index (κ2) is 7.52. The van der Waals surface area contributed by atoms with E-state index in [1.807, 2.05) is 36.4 Å². The smallest absolute Gasteiger partial charge is 0.317 e. The van der Waals surface area contributed by atoms with E-state index in [9.17, 15) is 9.18 Å². The summed E-state index contributed by atoms with van der Waals surface area (Å²) in [5.41, 5.74) is 2.87. The van der Waals surface area contributed by atoms with Crippen LogP contribution < -0.4 is 0 Å². The first kappa shape index (κ1) is 15.9. The fraction of sp³-hybridized carbons (Fsp3) is 0.167. The maximum atomic E-state index is 13.1. The van der Waals surface area contributed by atoms with Gasteiger partial charge in [-0.05, 0) is 35.9 Å². The summed E-state index contributed by atoms with van der Waals surface area (Å²) in [6.07, 6.45) is 1.96. The van der Waals surface area contributed by atoms with Gasteiger partial charge in [0.05, 0.1) is 6.54 Å². The monoisotopic (exact) mass is 299 g/mol. The topological polar surface area (TPSA) is 40.5 Å². The zero-order valence-corrected chi connectivity index (χ0v) is 12.4. The molecule has 0 saturated heterocycles. The predicted octanol–water partition coefficient (Wildman–Crippen LogP) is 3.27. The molecule has 0 unspecified atom stereocenters.